The highest BCUT2D eigenvalue weighted by molar-refractivity contribution is 7.12. The Morgan fingerprint density at radius 1 is 0.919 bits per heavy atom. The van der Waals surface area contributed by atoms with Gasteiger partial charge >= 0.3 is 0 Å². The summed E-state index contributed by atoms with van der Waals surface area (Å²) < 4.78 is 0. The van der Waals surface area contributed by atoms with Gasteiger partial charge in [0, 0.05) is 38.4 Å². The molecule has 0 atom stereocenters. The smallest absolute Gasteiger partial charge is 0.141 e. The van der Waals surface area contributed by atoms with Crippen molar-refractivity contribution in [3.63, 3.8) is 0 Å². The third kappa shape index (κ3) is 7.07. The van der Waals surface area contributed by atoms with E-state index in [4.69, 9.17) is 5.73 Å². The van der Waals surface area contributed by atoms with E-state index in [2.05, 4.69) is 80.6 Å². The summed E-state index contributed by atoms with van der Waals surface area (Å²) in [6.45, 7) is 17.9. The topological polar surface area (TPSA) is 65.1 Å². The molecule has 200 valence electrons. The van der Waals surface area contributed by atoms with Crippen LogP contribution in [0.15, 0.2) is 58.9 Å². The number of nitrogens with zero attached hydrogens (tertiary/aromatic N) is 3. The molecule has 7 heteroatoms. The summed E-state index contributed by atoms with van der Waals surface area (Å²) in [5.74, 6) is 1.01. The molecule has 37 heavy (non-hydrogen) atoms. The molecular weight excluding hydrogens is 500 g/mol. The minimum atomic E-state index is -0.108. The van der Waals surface area contributed by atoms with Crippen LogP contribution in [0.3, 0.4) is 0 Å². The van der Waals surface area contributed by atoms with Crippen LogP contribution < -0.4 is 10.6 Å². The summed E-state index contributed by atoms with van der Waals surface area (Å²) >= 11 is 1.60. The Kier molecular flexibility index (Phi) is 8.99. The van der Waals surface area contributed by atoms with Gasteiger partial charge in [-0.25, -0.2) is 4.99 Å². The molecule has 1 fully saturated rings. The molecular formula is C30H41ClN4OS. The Labute approximate surface area is 232 Å². The molecule has 0 radical (unpaired) electrons. The van der Waals surface area contributed by atoms with Crippen LogP contribution in [0, 0.1) is 0 Å². The van der Waals surface area contributed by atoms with Gasteiger partial charge in [0.1, 0.15) is 11.6 Å². The standard InChI is InChI=1S/C30H40N4OS.ClH/c1-29(2,3)24-18-21(19-25(27(24)35)30(4,5)6)20-33-13-15-34(16-14-33)23-11-9-22(10-12-23)32-28(31)26-8-7-17-36-26;/h7-12,17-19,35H,13-16,20H2,1-6H3,(H2,31,32);1H. The molecule has 0 bridgehead atoms. The number of nitrogens with two attached hydrogens (primary N) is 1. The summed E-state index contributed by atoms with van der Waals surface area (Å²) in [5.41, 5.74) is 11.4. The van der Waals surface area contributed by atoms with Crippen molar-refractivity contribution in [1.29, 1.82) is 0 Å². The minimum absolute atomic E-state index is 0. The number of anilines is 1. The van der Waals surface area contributed by atoms with Gasteiger partial charge in [-0.1, -0.05) is 59.7 Å². The number of thiophene rings is 1. The normalized spacial score (nSPS) is 15.5. The van der Waals surface area contributed by atoms with Crippen LogP contribution >= 0.6 is 23.7 Å². The van der Waals surface area contributed by atoms with Crippen molar-refractivity contribution in [2.75, 3.05) is 31.1 Å². The highest BCUT2D eigenvalue weighted by Gasteiger charge is 2.27. The van der Waals surface area contributed by atoms with Gasteiger partial charge in [-0.15, -0.1) is 23.7 Å². The number of benzene rings is 2. The molecule has 3 aromatic rings. The number of amidine groups is 1. The number of aliphatic imine (C=N–C) groups is 1. The van der Waals surface area contributed by atoms with Gasteiger partial charge in [0.2, 0.25) is 0 Å². The summed E-state index contributed by atoms with van der Waals surface area (Å²) in [7, 11) is 0. The van der Waals surface area contributed by atoms with Crippen LogP contribution in [0.2, 0.25) is 0 Å². The van der Waals surface area contributed by atoms with Gasteiger partial charge in [0.15, 0.2) is 0 Å². The Morgan fingerprint density at radius 2 is 1.49 bits per heavy atom. The van der Waals surface area contributed by atoms with E-state index in [1.54, 1.807) is 11.3 Å². The van der Waals surface area contributed by atoms with Crippen molar-refractivity contribution in [2.45, 2.75) is 58.9 Å². The average Bonchev–Trinajstić information content (AvgIpc) is 3.35. The predicted molar refractivity (Wildman–Crippen MR) is 161 cm³/mol. The number of aromatic hydroxyl groups is 1. The first kappa shape index (κ1) is 29.0. The summed E-state index contributed by atoms with van der Waals surface area (Å²) in [6, 6.07) is 16.8. The lowest BCUT2D eigenvalue weighted by molar-refractivity contribution is 0.249. The molecule has 3 N–H and O–H groups in total. The summed E-state index contributed by atoms with van der Waals surface area (Å²) in [4.78, 5) is 10.5. The molecule has 2 aromatic carbocycles. The third-order valence-corrected chi connectivity index (χ3v) is 7.69. The van der Waals surface area contributed by atoms with Crippen LogP contribution in [0.4, 0.5) is 11.4 Å². The molecule has 1 saturated heterocycles. The van der Waals surface area contributed by atoms with Gasteiger partial charge in [0.05, 0.1) is 10.6 Å². The van der Waals surface area contributed by atoms with Crippen LogP contribution in [0.1, 0.15) is 63.1 Å². The molecule has 0 unspecified atom stereocenters. The highest BCUT2D eigenvalue weighted by atomic mass is 35.5. The van der Waals surface area contributed by atoms with E-state index in [9.17, 15) is 5.11 Å². The number of phenols is 1. The minimum Gasteiger partial charge on any atom is -0.507 e. The van der Waals surface area contributed by atoms with Crippen molar-refractivity contribution in [3.8, 4) is 5.75 Å². The lowest BCUT2D eigenvalue weighted by Gasteiger charge is -2.36. The lowest BCUT2D eigenvalue weighted by Crippen LogP contribution is -2.46. The molecule has 0 aliphatic carbocycles. The van der Waals surface area contributed by atoms with E-state index in [0.717, 1.165) is 54.4 Å². The van der Waals surface area contributed by atoms with Crippen molar-refractivity contribution in [1.82, 2.24) is 4.90 Å². The number of piperazine rings is 1. The van der Waals surface area contributed by atoms with Crippen molar-refractivity contribution in [3.05, 3.63) is 75.5 Å². The molecule has 0 spiro atoms. The van der Waals surface area contributed by atoms with Gasteiger partial charge in [0.25, 0.3) is 0 Å². The van der Waals surface area contributed by atoms with Gasteiger partial charge in [-0.2, -0.15) is 0 Å². The van der Waals surface area contributed by atoms with E-state index in [1.165, 1.54) is 11.3 Å². The molecule has 1 aromatic heterocycles. The molecule has 4 rings (SSSR count). The van der Waals surface area contributed by atoms with E-state index in [0.29, 0.717) is 11.6 Å². The van der Waals surface area contributed by atoms with E-state index < -0.39 is 0 Å². The molecule has 0 amide bonds. The van der Waals surface area contributed by atoms with Gasteiger partial charge < -0.3 is 15.7 Å². The maximum atomic E-state index is 11.0. The molecule has 0 saturated carbocycles. The van der Waals surface area contributed by atoms with E-state index in [-0.39, 0.29) is 23.2 Å². The second-order valence-electron chi connectivity index (χ2n) is 11.8. The molecule has 5 nitrogen and oxygen atoms in total. The first-order valence-corrected chi connectivity index (χ1v) is 13.6. The first-order valence-electron chi connectivity index (χ1n) is 12.7. The summed E-state index contributed by atoms with van der Waals surface area (Å²) in [5, 5.41) is 13.0. The monoisotopic (exact) mass is 540 g/mol. The molecule has 1 aliphatic rings. The Balaban J connectivity index is 0.00000380. The van der Waals surface area contributed by atoms with Gasteiger partial charge in [-0.05, 0) is 63.2 Å². The molecule has 1 aliphatic heterocycles. The Hall–Kier alpha value is -2.54. The second-order valence-corrected chi connectivity index (χ2v) is 12.7. The Bertz CT molecular complexity index is 1160. The maximum absolute atomic E-state index is 11.0. The van der Waals surface area contributed by atoms with Crippen molar-refractivity contribution >= 4 is 41.0 Å². The maximum Gasteiger partial charge on any atom is 0.141 e. The van der Waals surface area contributed by atoms with Crippen LogP contribution in [-0.2, 0) is 17.4 Å². The zero-order chi connectivity index (χ0) is 26.1. The lowest BCUT2D eigenvalue weighted by atomic mass is 9.78. The number of halogens is 1. The second kappa shape index (κ2) is 11.5. The van der Waals surface area contributed by atoms with Crippen LogP contribution in [0.25, 0.3) is 0 Å². The van der Waals surface area contributed by atoms with Crippen LogP contribution in [0.5, 0.6) is 5.75 Å². The highest BCUT2D eigenvalue weighted by Crippen LogP contribution is 2.40. The van der Waals surface area contributed by atoms with Crippen molar-refractivity contribution in [2.24, 2.45) is 10.7 Å². The zero-order valence-corrected chi connectivity index (χ0v) is 24.5. The predicted octanol–water partition coefficient (Wildman–Crippen LogP) is 6.83. The first-order chi connectivity index (χ1) is 16.9. The van der Waals surface area contributed by atoms with Gasteiger partial charge in [-0.3, -0.25) is 4.90 Å². The van der Waals surface area contributed by atoms with Crippen molar-refractivity contribution < 1.29 is 5.11 Å². The van der Waals surface area contributed by atoms with E-state index >= 15 is 0 Å². The Morgan fingerprint density at radius 3 is 1.97 bits per heavy atom. The summed E-state index contributed by atoms with van der Waals surface area (Å²) in [6.07, 6.45) is 0. The fourth-order valence-corrected chi connectivity index (χ4v) is 5.34. The number of rotatable bonds is 5. The largest absolute Gasteiger partial charge is 0.507 e. The quantitative estimate of drug-likeness (QED) is 0.275. The number of phenolic OH excluding ortho intramolecular Hbond substituents is 1. The fourth-order valence-electron chi connectivity index (χ4n) is 4.71. The number of hydrogen-bond donors (Lipinski definition) is 2. The van der Waals surface area contributed by atoms with Crippen LogP contribution in [-0.4, -0.2) is 42.0 Å². The fraction of sp³-hybridized carbons (Fsp3) is 0.433. The van der Waals surface area contributed by atoms with E-state index in [1.807, 2.05) is 29.6 Å². The molecule has 2 heterocycles. The number of hydrogen-bond acceptors (Lipinski definition) is 5. The average molecular weight is 541 g/mol. The SMILES string of the molecule is CC(C)(C)c1cc(CN2CCN(c3ccc(N=C(N)c4cccs4)cc3)CC2)cc(C(C)(C)C)c1O.Cl. The third-order valence-electron chi connectivity index (χ3n) is 6.80. The zero-order valence-electron chi connectivity index (χ0n) is 22.9.